The summed E-state index contributed by atoms with van der Waals surface area (Å²) in [6, 6.07) is 5.81. The van der Waals surface area contributed by atoms with E-state index in [0.717, 1.165) is 0 Å². The van der Waals surface area contributed by atoms with Gasteiger partial charge in [-0.1, -0.05) is 25.1 Å². The summed E-state index contributed by atoms with van der Waals surface area (Å²) in [6.07, 6.45) is 0.573. The highest BCUT2D eigenvalue weighted by Crippen LogP contribution is 2.05. The Morgan fingerprint density at radius 1 is 1.53 bits per heavy atom. The summed E-state index contributed by atoms with van der Waals surface area (Å²) in [7, 11) is 0. The van der Waals surface area contributed by atoms with Crippen molar-refractivity contribution in [3.8, 4) is 0 Å². The van der Waals surface area contributed by atoms with Gasteiger partial charge in [0.25, 0.3) is 0 Å². The van der Waals surface area contributed by atoms with Gasteiger partial charge in [-0.05, 0) is 12.5 Å². The van der Waals surface area contributed by atoms with Crippen molar-refractivity contribution >= 4 is 5.91 Å². The molecule has 0 fully saturated rings. The minimum absolute atomic E-state index is 0.180. The first-order valence-corrected chi connectivity index (χ1v) is 4.91. The molecule has 0 bridgehead atoms. The van der Waals surface area contributed by atoms with E-state index in [0.29, 0.717) is 12.0 Å². The Labute approximate surface area is 88.5 Å². The van der Waals surface area contributed by atoms with E-state index >= 15 is 0 Å². The Kier molecular flexibility index (Phi) is 4.24. The van der Waals surface area contributed by atoms with Gasteiger partial charge < -0.3 is 11.1 Å². The average molecular weight is 210 g/mol. The molecule has 0 aliphatic heterocycles. The molecule has 0 aromatic heterocycles. The highest BCUT2D eigenvalue weighted by Gasteiger charge is 2.10. The van der Waals surface area contributed by atoms with Crippen LogP contribution in [0.3, 0.4) is 0 Å². The zero-order chi connectivity index (χ0) is 11.3. The predicted molar refractivity (Wildman–Crippen MR) is 56.5 cm³/mol. The maximum Gasteiger partial charge on any atom is 0.237 e. The van der Waals surface area contributed by atoms with Gasteiger partial charge >= 0.3 is 0 Å². The molecule has 3 N–H and O–H groups in total. The highest BCUT2D eigenvalue weighted by molar-refractivity contribution is 5.81. The average Bonchev–Trinajstić information content (AvgIpc) is 2.26. The molecule has 0 unspecified atom stereocenters. The maximum atomic E-state index is 13.1. The van der Waals surface area contributed by atoms with E-state index in [1.807, 2.05) is 6.92 Å². The lowest BCUT2D eigenvalue weighted by atomic mass is 10.2. The molecule has 0 heterocycles. The summed E-state index contributed by atoms with van der Waals surface area (Å²) in [6.45, 7) is 2.01. The monoisotopic (exact) mass is 210 g/mol. The van der Waals surface area contributed by atoms with Crippen LogP contribution < -0.4 is 11.1 Å². The Morgan fingerprint density at radius 2 is 2.20 bits per heavy atom. The molecule has 0 saturated heterocycles. The van der Waals surface area contributed by atoms with Crippen molar-refractivity contribution in [1.82, 2.24) is 5.32 Å². The van der Waals surface area contributed by atoms with E-state index in [2.05, 4.69) is 5.32 Å². The predicted octanol–water partition coefficient (Wildman–Crippen LogP) is 1.18. The normalized spacial score (nSPS) is 12.2. The van der Waals surface area contributed by atoms with Gasteiger partial charge in [0.05, 0.1) is 6.04 Å². The molecule has 1 aromatic rings. The number of halogens is 1. The maximum absolute atomic E-state index is 13.1. The van der Waals surface area contributed by atoms with Crippen LogP contribution in [0.15, 0.2) is 24.3 Å². The van der Waals surface area contributed by atoms with Crippen LogP contribution >= 0.6 is 0 Å². The molecule has 4 heteroatoms. The molecular weight excluding hydrogens is 195 g/mol. The van der Waals surface area contributed by atoms with Gasteiger partial charge in [-0.25, -0.2) is 4.39 Å². The molecule has 1 atom stereocenters. The molecule has 0 spiro atoms. The SMILES string of the molecule is CC[C@@H](N)C(=O)NCc1ccccc1F. The smallest absolute Gasteiger partial charge is 0.237 e. The number of rotatable bonds is 4. The third kappa shape index (κ3) is 3.32. The van der Waals surface area contributed by atoms with Gasteiger partial charge in [0.15, 0.2) is 0 Å². The van der Waals surface area contributed by atoms with Crippen molar-refractivity contribution in [1.29, 1.82) is 0 Å². The van der Waals surface area contributed by atoms with Gasteiger partial charge in [0, 0.05) is 12.1 Å². The van der Waals surface area contributed by atoms with E-state index in [1.54, 1.807) is 18.2 Å². The van der Waals surface area contributed by atoms with Crippen LogP contribution in [0, 0.1) is 5.82 Å². The first kappa shape index (κ1) is 11.7. The molecule has 0 saturated carbocycles. The van der Waals surface area contributed by atoms with Crippen molar-refractivity contribution in [2.24, 2.45) is 5.73 Å². The Bertz CT molecular complexity index is 341. The summed E-state index contributed by atoms with van der Waals surface area (Å²) in [4.78, 5) is 11.3. The van der Waals surface area contributed by atoms with Crippen LogP contribution in [0.5, 0.6) is 0 Å². The lowest BCUT2D eigenvalue weighted by Gasteiger charge is -2.10. The Hall–Kier alpha value is -1.42. The highest BCUT2D eigenvalue weighted by atomic mass is 19.1. The second kappa shape index (κ2) is 5.46. The van der Waals surface area contributed by atoms with Gasteiger partial charge in [-0.2, -0.15) is 0 Å². The minimum atomic E-state index is -0.517. The van der Waals surface area contributed by atoms with E-state index in [1.165, 1.54) is 6.07 Å². The third-order valence-corrected chi connectivity index (χ3v) is 2.19. The van der Waals surface area contributed by atoms with Gasteiger partial charge in [0.1, 0.15) is 5.82 Å². The van der Waals surface area contributed by atoms with Gasteiger partial charge in [-0.3, -0.25) is 4.79 Å². The molecular formula is C11H15FN2O. The van der Waals surface area contributed by atoms with Crippen molar-refractivity contribution in [3.05, 3.63) is 35.6 Å². The second-order valence-corrected chi connectivity index (χ2v) is 3.32. The first-order valence-electron chi connectivity index (χ1n) is 4.91. The zero-order valence-electron chi connectivity index (χ0n) is 8.66. The Balaban J connectivity index is 2.51. The molecule has 1 rings (SSSR count). The fraction of sp³-hybridized carbons (Fsp3) is 0.364. The van der Waals surface area contributed by atoms with Crippen LogP contribution in [0.1, 0.15) is 18.9 Å². The fourth-order valence-corrected chi connectivity index (χ4v) is 1.14. The van der Waals surface area contributed by atoms with Crippen LogP contribution in [0.4, 0.5) is 4.39 Å². The molecule has 0 radical (unpaired) electrons. The molecule has 15 heavy (non-hydrogen) atoms. The minimum Gasteiger partial charge on any atom is -0.351 e. The number of carbonyl (C=O) groups is 1. The number of amides is 1. The second-order valence-electron chi connectivity index (χ2n) is 3.32. The fourth-order valence-electron chi connectivity index (χ4n) is 1.14. The number of nitrogens with one attached hydrogen (secondary N) is 1. The van der Waals surface area contributed by atoms with Gasteiger partial charge in [-0.15, -0.1) is 0 Å². The quantitative estimate of drug-likeness (QED) is 0.784. The number of hydrogen-bond acceptors (Lipinski definition) is 2. The standard InChI is InChI=1S/C11H15FN2O/c1-2-10(13)11(15)14-7-8-5-3-4-6-9(8)12/h3-6,10H,2,7,13H2,1H3,(H,14,15)/t10-/m1/s1. The number of carbonyl (C=O) groups excluding carboxylic acids is 1. The molecule has 1 aromatic carbocycles. The molecule has 82 valence electrons. The number of nitrogens with two attached hydrogens (primary N) is 1. The van der Waals surface area contributed by atoms with E-state index < -0.39 is 6.04 Å². The summed E-state index contributed by atoms with van der Waals surface area (Å²) < 4.78 is 13.1. The summed E-state index contributed by atoms with van der Waals surface area (Å²) in [5, 5.41) is 2.59. The van der Waals surface area contributed by atoms with Crippen molar-refractivity contribution in [2.75, 3.05) is 0 Å². The first-order chi connectivity index (χ1) is 7.15. The topological polar surface area (TPSA) is 55.1 Å². The number of benzene rings is 1. The molecule has 1 amide bonds. The van der Waals surface area contributed by atoms with Crippen molar-refractivity contribution < 1.29 is 9.18 Å². The van der Waals surface area contributed by atoms with E-state index in [-0.39, 0.29) is 18.3 Å². The molecule has 0 aliphatic carbocycles. The molecule has 0 aliphatic rings. The molecule has 3 nitrogen and oxygen atoms in total. The third-order valence-electron chi connectivity index (χ3n) is 2.19. The van der Waals surface area contributed by atoms with Crippen molar-refractivity contribution in [2.45, 2.75) is 25.9 Å². The summed E-state index contributed by atoms with van der Waals surface area (Å²) >= 11 is 0. The Morgan fingerprint density at radius 3 is 2.80 bits per heavy atom. The largest absolute Gasteiger partial charge is 0.351 e. The van der Waals surface area contributed by atoms with E-state index in [9.17, 15) is 9.18 Å². The van der Waals surface area contributed by atoms with Crippen molar-refractivity contribution in [3.63, 3.8) is 0 Å². The van der Waals surface area contributed by atoms with Crippen LogP contribution in [-0.2, 0) is 11.3 Å². The summed E-state index contributed by atoms with van der Waals surface area (Å²) in [5.74, 6) is -0.566. The summed E-state index contributed by atoms with van der Waals surface area (Å²) in [5.41, 5.74) is 5.98. The number of hydrogen-bond donors (Lipinski definition) is 2. The lowest BCUT2D eigenvalue weighted by molar-refractivity contribution is -0.122. The lowest BCUT2D eigenvalue weighted by Crippen LogP contribution is -2.39. The van der Waals surface area contributed by atoms with Crippen LogP contribution in [0.2, 0.25) is 0 Å². The zero-order valence-corrected chi connectivity index (χ0v) is 8.66. The van der Waals surface area contributed by atoms with Crippen LogP contribution in [-0.4, -0.2) is 11.9 Å². The van der Waals surface area contributed by atoms with E-state index in [4.69, 9.17) is 5.73 Å². The van der Waals surface area contributed by atoms with Crippen LogP contribution in [0.25, 0.3) is 0 Å². The van der Waals surface area contributed by atoms with Gasteiger partial charge in [0.2, 0.25) is 5.91 Å².